The molecule has 0 unspecified atom stereocenters. The van der Waals surface area contributed by atoms with Crippen LogP contribution in [0.3, 0.4) is 0 Å². The van der Waals surface area contributed by atoms with Crippen molar-refractivity contribution in [2.24, 2.45) is 0 Å². The molecular weight excluding hydrogens is 214 g/mol. The molecule has 0 atom stereocenters. The second-order valence-corrected chi connectivity index (χ2v) is 6.12. The van der Waals surface area contributed by atoms with E-state index in [2.05, 4.69) is 11.4 Å². The maximum Gasteiger partial charge on any atom is 0.0934 e. The van der Waals surface area contributed by atoms with Crippen molar-refractivity contribution in [1.82, 2.24) is 5.32 Å². The van der Waals surface area contributed by atoms with E-state index in [1.54, 1.807) is 11.3 Å². The molecule has 0 aromatic carbocycles. The van der Waals surface area contributed by atoms with Crippen LogP contribution >= 0.6 is 22.9 Å². The maximum absolute atomic E-state index is 6.10. The van der Waals surface area contributed by atoms with Crippen molar-refractivity contribution in [1.29, 1.82) is 0 Å². The van der Waals surface area contributed by atoms with E-state index in [0.29, 0.717) is 5.54 Å². The molecule has 3 rings (SSSR count). The molecule has 1 aliphatic carbocycles. The first kappa shape index (κ1) is 9.20. The highest BCUT2D eigenvalue weighted by atomic mass is 35.5. The normalized spacial score (nSPS) is 24.1. The average molecular weight is 228 g/mol. The van der Waals surface area contributed by atoms with Gasteiger partial charge in [0.05, 0.1) is 4.34 Å². The van der Waals surface area contributed by atoms with Gasteiger partial charge in [-0.25, -0.2) is 0 Å². The summed E-state index contributed by atoms with van der Waals surface area (Å²) in [6.45, 7) is 1.13. The van der Waals surface area contributed by atoms with Crippen LogP contribution in [0.2, 0.25) is 4.34 Å². The molecule has 3 heteroatoms. The second kappa shape index (κ2) is 3.22. The predicted octanol–water partition coefficient (Wildman–Crippen LogP) is 3.32. The van der Waals surface area contributed by atoms with E-state index in [1.807, 2.05) is 0 Å². The number of nitrogens with one attached hydrogen (secondary N) is 1. The van der Waals surface area contributed by atoms with Gasteiger partial charge in [-0.15, -0.1) is 11.3 Å². The van der Waals surface area contributed by atoms with Crippen LogP contribution in [0.5, 0.6) is 0 Å². The van der Waals surface area contributed by atoms with Crippen LogP contribution in [0.1, 0.15) is 36.1 Å². The SMILES string of the molecule is Clc1cc2c(s1)CCNC21CCCC1. The molecule has 2 heterocycles. The van der Waals surface area contributed by atoms with Crippen LogP contribution in [0.15, 0.2) is 6.07 Å². The van der Waals surface area contributed by atoms with Gasteiger partial charge in [-0.3, -0.25) is 0 Å². The van der Waals surface area contributed by atoms with Gasteiger partial charge in [0.25, 0.3) is 0 Å². The van der Waals surface area contributed by atoms with Gasteiger partial charge < -0.3 is 5.32 Å². The molecule has 14 heavy (non-hydrogen) atoms. The van der Waals surface area contributed by atoms with E-state index in [1.165, 1.54) is 36.1 Å². The third-order valence-electron chi connectivity index (χ3n) is 3.57. The molecule has 1 spiro atoms. The lowest BCUT2D eigenvalue weighted by atomic mass is 9.85. The summed E-state index contributed by atoms with van der Waals surface area (Å²) in [6.07, 6.45) is 6.48. The summed E-state index contributed by atoms with van der Waals surface area (Å²) in [6, 6.07) is 2.19. The molecule has 1 aliphatic heterocycles. The molecule has 1 aromatic heterocycles. The molecule has 0 bridgehead atoms. The van der Waals surface area contributed by atoms with E-state index in [0.717, 1.165) is 17.3 Å². The molecular formula is C11H14ClNS. The zero-order valence-electron chi connectivity index (χ0n) is 8.11. The number of rotatable bonds is 0. The molecule has 0 radical (unpaired) electrons. The second-order valence-electron chi connectivity index (χ2n) is 4.35. The number of halogens is 1. The maximum atomic E-state index is 6.10. The topological polar surface area (TPSA) is 12.0 Å². The Kier molecular flexibility index (Phi) is 2.12. The van der Waals surface area contributed by atoms with Crippen LogP contribution in [0, 0.1) is 0 Å². The molecule has 1 aromatic rings. The molecule has 76 valence electrons. The predicted molar refractivity (Wildman–Crippen MR) is 61.2 cm³/mol. The van der Waals surface area contributed by atoms with Crippen LogP contribution < -0.4 is 5.32 Å². The summed E-state index contributed by atoms with van der Waals surface area (Å²) < 4.78 is 0.963. The Balaban J connectivity index is 2.09. The fourth-order valence-corrected chi connectivity index (χ4v) is 4.29. The molecule has 2 aliphatic rings. The zero-order valence-corrected chi connectivity index (χ0v) is 9.68. The summed E-state index contributed by atoms with van der Waals surface area (Å²) in [5, 5.41) is 3.71. The third-order valence-corrected chi connectivity index (χ3v) is 4.89. The van der Waals surface area contributed by atoms with Crippen molar-refractivity contribution in [3.05, 3.63) is 20.8 Å². The van der Waals surface area contributed by atoms with Crippen molar-refractivity contribution in [3.8, 4) is 0 Å². The van der Waals surface area contributed by atoms with E-state index >= 15 is 0 Å². The van der Waals surface area contributed by atoms with Crippen LogP contribution in [0.25, 0.3) is 0 Å². The lowest BCUT2D eigenvalue weighted by molar-refractivity contribution is 0.327. The van der Waals surface area contributed by atoms with Crippen molar-refractivity contribution < 1.29 is 0 Å². The molecule has 1 fully saturated rings. The molecule has 0 saturated heterocycles. The number of hydrogen-bond donors (Lipinski definition) is 1. The highest BCUT2D eigenvalue weighted by Gasteiger charge is 2.39. The zero-order chi connectivity index (χ0) is 9.60. The lowest BCUT2D eigenvalue weighted by Crippen LogP contribution is -2.44. The van der Waals surface area contributed by atoms with Gasteiger partial charge in [0, 0.05) is 17.0 Å². The van der Waals surface area contributed by atoms with Gasteiger partial charge in [-0.05, 0) is 30.9 Å². The number of thiophene rings is 1. The molecule has 1 saturated carbocycles. The van der Waals surface area contributed by atoms with Crippen molar-refractivity contribution >= 4 is 22.9 Å². The Labute approximate surface area is 93.5 Å². The van der Waals surface area contributed by atoms with Gasteiger partial charge in [-0.2, -0.15) is 0 Å². The fraction of sp³-hybridized carbons (Fsp3) is 0.636. The van der Waals surface area contributed by atoms with E-state index < -0.39 is 0 Å². The van der Waals surface area contributed by atoms with Gasteiger partial charge >= 0.3 is 0 Å². The Bertz CT molecular complexity index is 352. The fourth-order valence-electron chi connectivity index (χ4n) is 2.92. The monoisotopic (exact) mass is 227 g/mol. The third kappa shape index (κ3) is 1.24. The lowest BCUT2D eigenvalue weighted by Gasteiger charge is -2.35. The average Bonchev–Trinajstić information content (AvgIpc) is 2.74. The van der Waals surface area contributed by atoms with E-state index in [-0.39, 0.29) is 0 Å². The van der Waals surface area contributed by atoms with Gasteiger partial charge in [-0.1, -0.05) is 24.4 Å². The minimum atomic E-state index is 0.303. The van der Waals surface area contributed by atoms with Crippen molar-refractivity contribution in [2.45, 2.75) is 37.6 Å². The standard InChI is InChI=1S/C11H14ClNS/c12-10-7-8-9(14-10)3-6-13-11(8)4-1-2-5-11/h7,13H,1-6H2. The van der Waals surface area contributed by atoms with E-state index in [4.69, 9.17) is 11.6 Å². The van der Waals surface area contributed by atoms with Crippen LogP contribution in [-0.2, 0) is 12.0 Å². The van der Waals surface area contributed by atoms with Crippen LogP contribution in [-0.4, -0.2) is 6.54 Å². The summed E-state index contributed by atoms with van der Waals surface area (Å²) in [7, 11) is 0. The molecule has 1 N–H and O–H groups in total. The Hall–Kier alpha value is -0.0500. The summed E-state index contributed by atoms with van der Waals surface area (Å²) in [5.74, 6) is 0. The first-order chi connectivity index (χ1) is 6.80. The summed E-state index contributed by atoms with van der Waals surface area (Å²) >= 11 is 7.88. The highest BCUT2D eigenvalue weighted by molar-refractivity contribution is 7.16. The highest BCUT2D eigenvalue weighted by Crippen LogP contribution is 2.45. The van der Waals surface area contributed by atoms with Gasteiger partial charge in [0.1, 0.15) is 0 Å². The quantitative estimate of drug-likeness (QED) is 0.717. The van der Waals surface area contributed by atoms with Crippen molar-refractivity contribution in [2.75, 3.05) is 6.54 Å². The summed E-state index contributed by atoms with van der Waals surface area (Å²) in [5.41, 5.74) is 1.81. The van der Waals surface area contributed by atoms with E-state index in [9.17, 15) is 0 Å². The van der Waals surface area contributed by atoms with Gasteiger partial charge in [0.2, 0.25) is 0 Å². The minimum Gasteiger partial charge on any atom is -0.307 e. The van der Waals surface area contributed by atoms with Gasteiger partial charge in [0.15, 0.2) is 0 Å². The van der Waals surface area contributed by atoms with Crippen LogP contribution in [0.4, 0.5) is 0 Å². The minimum absolute atomic E-state index is 0.303. The molecule has 1 nitrogen and oxygen atoms in total. The van der Waals surface area contributed by atoms with Crippen molar-refractivity contribution in [3.63, 3.8) is 0 Å². The summed E-state index contributed by atoms with van der Waals surface area (Å²) in [4.78, 5) is 1.52. The first-order valence-corrected chi connectivity index (χ1v) is 6.53. The largest absolute Gasteiger partial charge is 0.307 e. The number of fused-ring (bicyclic) bond motifs is 2. The smallest absolute Gasteiger partial charge is 0.0934 e. The molecule has 0 amide bonds. The Morgan fingerprint density at radius 1 is 1.36 bits per heavy atom. The number of hydrogen-bond acceptors (Lipinski definition) is 2. The first-order valence-electron chi connectivity index (χ1n) is 5.34. The Morgan fingerprint density at radius 3 is 2.93 bits per heavy atom. The Morgan fingerprint density at radius 2 is 2.14 bits per heavy atom.